The molecule has 2 amide bonds. The number of carbonyl (C=O) groups excluding carboxylic acids is 4. The van der Waals surface area contributed by atoms with Gasteiger partial charge in [-0.1, -0.05) is 74.0 Å². The first-order chi connectivity index (χ1) is 34.9. The number of hydrogen-bond donors (Lipinski definition) is 2. The minimum atomic E-state index is -0.873. The van der Waals surface area contributed by atoms with Crippen molar-refractivity contribution in [2.75, 3.05) is 20.2 Å². The molecule has 1 saturated carbocycles. The monoisotopic (exact) mass is 1020 g/mol. The van der Waals surface area contributed by atoms with Gasteiger partial charge in [-0.25, -0.2) is 0 Å². The fraction of sp³-hybridized carbons (Fsp3) is 0.421. The molecule has 3 aliphatic carbocycles. The van der Waals surface area contributed by atoms with E-state index in [1.54, 1.807) is 29.7 Å². The molecule has 0 radical (unpaired) electrons. The van der Waals surface area contributed by atoms with Gasteiger partial charge < -0.3 is 29.3 Å². The summed E-state index contributed by atoms with van der Waals surface area (Å²) in [5.74, 6) is 0.417. The van der Waals surface area contributed by atoms with Crippen LogP contribution >= 0.6 is 22.9 Å². The Labute approximate surface area is 433 Å². The van der Waals surface area contributed by atoms with Crippen LogP contribution in [0.15, 0.2) is 106 Å². The summed E-state index contributed by atoms with van der Waals surface area (Å²) in [5.41, 5.74) is 7.06. The van der Waals surface area contributed by atoms with Gasteiger partial charge in [-0.2, -0.15) is 0 Å². The summed E-state index contributed by atoms with van der Waals surface area (Å²) in [4.78, 5) is 60.3. The Morgan fingerprint density at radius 2 is 1.67 bits per heavy atom. The SMILES string of the molecule is C=C1C=CC2(C)C(=O)OC3C4OC5CC(c6ccoc6-c6ccc(C(=O)NCCCNC(=O)CC7N=C(c8ccc(Cl)cc8)c8c(sc(C)c8C)-n8c(C)nnc87)cc6)C(C)=C5C4(C)C(CC(=O)OC)C1(C)C32. The molecule has 2 saturated heterocycles. The molecule has 6 aliphatic rings. The number of aryl methyl sites for hydroxylation is 2. The third kappa shape index (κ3) is 7.45. The number of methoxy groups -OCH3 is 1. The lowest BCUT2D eigenvalue weighted by molar-refractivity contribution is -0.180. The number of nitrogens with one attached hydrogen (secondary N) is 2. The Hall–Kier alpha value is -6.42. The van der Waals surface area contributed by atoms with Gasteiger partial charge in [-0.15, -0.1) is 21.5 Å². The summed E-state index contributed by atoms with van der Waals surface area (Å²) in [6.07, 6.45) is 5.70. The standard InChI is InChI=1S/C57H59ClN6O8S/c1-28-19-21-55(6)49-48(72-54(55)68)50-57(8,41(56(28,49)7)27-43(66)69-9)45-30(3)38(25-40(45)71-50)37-20-24-70-47(37)34-11-13-35(14-12-34)52(67)60-23-10-22-59-42(65)26-39-51-63-62-32(5)64(51)53-44(29(2)31(4)73-53)46(61-39)33-15-17-36(58)18-16-33/h11-21,24,38-41,48-50H,1,10,22-23,25-27H2,2-9H3,(H,59,65)(H,60,67). The number of halogens is 1. The highest BCUT2D eigenvalue weighted by Crippen LogP contribution is 2.73. The molecule has 378 valence electrons. The highest BCUT2D eigenvalue weighted by atomic mass is 35.5. The number of aromatic nitrogens is 3. The van der Waals surface area contributed by atoms with E-state index in [0.29, 0.717) is 48.1 Å². The summed E-state index contributed by atoms with van der Waals surface area (Å²) in [7, 11) is 1.41. The zero-order valence-corrected chi connectivity index (χ0v) is 43.8. The molecular weight excluding hydrogens is 964 g/mol. The van der Waals surface area contributed by atoms with E-state index in [0.717, 1.165) is 61.1 Å². The molecule has 5 aromatic rings. The first-order valence-electron chi connectivity index (χ1n) is 25.0. The van der Waals surface area contributed by atoms with Crippen LogP contribution in [-0.4, -0.2) is 82.7 Å². The fourth-order valence-corrected chi connectivity index (χ4v) is 15.0. The molecule has 0 bridgehead atoms. The number of esters is 2. The van der Waals surface area contributed by atoms with Crippen molar-refractivity contribution in [3.05, 3.63) is 146 Å². The number of fused-ring (bicyclic) bond motifs is 7. The highest BCUT2D eigenvalue weighted by molar-refractivity contribution is 7.15. The van der Waals surface area contributed by atoms with Gasteiger partial charge >= 0.3 is 11.9 Å². The lowest BCUT2D eigenvalue weighted by Gasteiger charge is -2.60. The van der Waals surface area contributed by atoms with Gasteiger partial charge in [0.25, 0.3) is 5.91 Å². The Morgan fingerprint density at radius 3 is 2.41 bits per heavy atom. The number of ether oxygens (including phenoxy) is 3. The van der Waals surface area contributed by atoms with Crippen molar-refractivity contribution in [3.8, 4) is 16.3 Å². The lowest BCUT2D eigenvalue weighted by Crippen LogP contribution is -2.64. The van der Waals surface area contributed by atoms with Gasteiger partial charge in [0.2, 0.25) is 5.91 Å². The fourth-order valence-electron chi connectivity index (χ4n) is 13.6. The first kappa shape index (κ1) is 48.8. The molecule has 3 aliphatic heterocycles. The Balaban J connectivity index is 0.748. The number of allylic oxidation sites excluding steroid dienone is 3. The minimum Gasteiger partial charge on any atom is -0.469 e. The van der Waals surface area contributed by atoms with E-state index in [9.17, 15) is 19.2 Å². The van der Waals surface area contributed by atoms with E-state index < -0.39 is 34.5 Å². The largest absolute Gasteiger partial charge is 0.469 e. The third-order valence-corrected chi connectivity index (χ3v) is 18.8. The number of amides is 2. The second kappa shape index (κ2) is 17.9. The average Bonchev–Trinajstić information content (AvgIpc) is 4.22. The second-order valence-corrected chi connectivity index (χ2v) is 22.8. The molecule has 11 rings (SSSR count). The Kier molecular flexibility index (Phi) is 12.0. The van der Waals surface area contributed by atoms with Crippen molar-refractivity contribution in [1.29, 1.82) is 0 Å². The summed E-state index contributed by atoms with van der Waals surface area (Å²) < 4.78 is 26.9. The van der Waals surface area contributed by atoms with E-state index in [2.05, 4.69) is 62.0 Å². The molecular formula is C57H59ClN6O8S. The number of aliphatic imine (C=N–C) groups is 1. The lowest BCUT2D eigenvalue weighted by atomic mass is 9.41. The van der Waals surface area contributed by atoms with Gasteiger partial charge in [0, 0.05) is 73.5 Å². The normalized spacial score (nSPS) is 29.4. The zero-order chi connectivity index (χ0) is 51.5. The van der Waals surface area contributed by atoms with Crippen LogP contribution in [0.4, 0.5) is 0 Å². The van der Waals surface area contributed by atoms with Crippen LogP contribution < -0.4 is 10.6 Å². The van der Waals surface area contributed by atoms with Crippen LogP contribution in [0.1, 0.15) is 114 Å². The van der Waals surface area contributed by atoms with Crippen LogP contribution in [0.3, 0.4) is 0 Å². The average molecular weight is 1020 g/mol. The van der Waals surface area contributed by atoms with Gasteiger partial charge in [0.15, 0.2) is 5.82 Å². The summed E-state index contributed by atoms with van der Waals surface area (Å²) in [5, 5.41) is 16.5. The molecule has 3 aromatic heterocycles. The van der Waals surface area contributed by atoms with E-state index in [1.165, 1.54) is 12.0 Å². The van der Waals surface area contributed by atoms with Crippen molar-refractivity contribution in [3.63, 3.8) is 0 Å². The first-order valence-corrected chi connectivity index (χ1v) is 26.2. The van der Waals surface area contributed by atoms with Crippen LogP contribution in [0.25, 0.3) is 16.3 Å². The van der Waals surface area contributed by atoms with E-state index in [-0.39, 0.29) is 60.5 Å². The summed E-state index contributed by atoms with van der Waals surface area (Å²) in [6.45, 7) is 19.7. The topological polar surface area (TPSA) is 176 Å². The number of furan rings is 1. The van der Waals surface area contributed by atoms with Gasteiger partial charge in [-0.3, -0.25) is 28.7 Å². The Morgan fingerprint density at radius 1 is 0.945 bits per heavy atom. The molecule has 10 unspecified atom stereocenters. The van der Waals surface area contributed by atoms with Crippen molar-refractivity contribution in [1.82, 2.24) is 25.4 Å². The predicted octanol–water partition coefficient (Wildman–Crippen LogP) is 9.84. The molecule has 3 fully saturated rings. The van der Waals surface area contributed by atoms with Crippen LogP contribution in [0.2, 0.25) is 5.02 Å². The van der Waals surface area contributed by atoms with E-state index >= 15 is 0 Å². The van der Waals surface area contributed by atoms with Crippen molar-refractivity contribution < 1.29 is 37.8 Å². The van der Waals surface area contributed by atoms with Crippen LogP contribution in [0.5, 0.6) is 0 Å². The highest BCUT2D eigenvalue weighted by Gasteiger charge is 2.76. The number of rotatable bonds is 12. The van der Waals surface area contributed by atoms with Gasteiger partial charge in [0.05, 0.1) is 43.4 Å². The van der Waals surface area contributed by atoms with E-state index in [4.69, 9.17) is 35.2 Å². The molecule has 73 heavy (non-hydrogen) atoms. The molecule has 2 aromatic carbocycles. The molecule has 14 nitrogen and oxygen atoms in total. The quantitative estimate of drug-likeness (QED) is 0.0695. The predicted molar refractivity (Wildman–Crippen MR) is 277 cm³/mol. The number of thiophene rings is 1. The summed E-state index contributed by atoms with van der Waals surface area (Å²) in [6, 6.07) is 16.4. The summed E-state index contributed by atoms with van der Waals surface area (Å²) >= 11 is 7.93. The van der Waals surface area contributed by atoms with Crippen LogP contribution in [-0.2, 0) is 28.6 Å². The molecule has 0 spiro atoms. The number of nitrogens with zero attached hydrogens (tertiary/aromatic N) is 4. The maximum absolute atomic E-state index is 13.7. The van der Waals surface area contributed by atoms with Gasteiger partial charge in [0.1, 0.15) is 34.8 Å². The van der Waals surface area contributed by atoms with E-state index in [1.807, 2.05) is 73.0 Å². The minimum absolute atomic E-state index is 0.0518. The van der Waals surface area contributed by atoms with Crippen LogP contribution in [0, 0.1) is 48.9 Å². The van der Waals surface area contributed by atoms with Crippen molar-refractivity contribution >= 4 is 52.4 Å². The second-order valence-electron chi connectivity index (χ2n) is 21.2. The smallest absolute Gasteiger partial charge is 0.316 e. The van der Waals surface area contributed by atoms with Gasteiger partial charge in [-0.05, 0) is 100 Å². The maximum atomic E-state index is 13.7. The Bertz CT molecular complexity index is 3240. The van der Waals surface area contributed by atoms with Crippen molar-refractivity contribution in [2.45, 2.75) is 104 Å². The zero-order valence-electron chi connectivity index (χ0n) is 42.3. The molecule has 16 heteroatoms. The third-order valence-electron chi connectivity index (χ3n) is 17.3. The number of benzene rings is 2. The number of carbonyl (C=O) groups is 4. The number of hydrogen-bond acceptors (Lipinski definition) is 12. The van der Waals surface area contributed by atoms with Crippen molar-refractivity contribution in [2.24, 2.45) is 33.1 Å². The molecule has 10 atom stereocenters. The molecule has 2 N–H and O–H groups in total. The maximum Gasteiger partial charge on any atom is 0.316 e. The molecule has 6 heterocycles.